The van der Waals surface area contributed by atoms with Crippen LogP contribution in [0, 0.1) is 0 Å². The highest BCUT2D eigenvalue weighted by Crippen LogP contribution is 2.35. The van der Waals surface area contributed by atoms with Crippen LogP contribution in [0.25, 0.3) is 0 Å². The molecule has 17 heavy (non-hydrogen) atoms. The summed E-state index contributed by atoms with van der Waals surface area (Å²) in [7, 11) is 0. The van der Waals surface area contributed by atoms with Gasteiger partial charge in [-0.15, -0.1) is 0 Å². The van der Waals surface area contributed by atoms with Crippen molar-refractivity contribution in [2.75, 3.05) is 0 Å². The van der Waals surface area contributed by atoms with Crippen molar-refractivity contribution in [3.8, 4) is 0 Å². The van der Waals surface area contributed by atoms with Crippen molar-refractivity contribution in [1.29, 1.82) is 0 Å². The minimum atomic E-state index is -0.925. The third kappa shape index (κ3) is 2.86. The maximum absolute atomic E-state index is 10.8. The SMILES string of the molecule is N[C@@H](Cc1ccccc1C1CCCC1)C(=O)O. The lowest BCUT2D eigenvalue weighted by atomic mass is 9.90. The van der Waals surface area contributed by atoms with Crippen molar-refractivity contribution in [3.63, 3.8) is 0 Å². The van der Waals surface area contributed by atoms with Crippen molar-refractivity contribution >= 4 is 5.97 Å². The van der Waals surface area contributed by atoms with E-state index in [9.17, 15) is 4.79 Å². The average molecular weight is 233 g/mol. The summed E-state index contributed by atoms with van der Waals surface area (Å²) in [6.07, 6.45) is 5.44. The highest BCUT2D eigenvalue weighted by atomic mass is 16.4. The van der Waals surface area contributed by atoms with Crippen LogP contribution in [-0.2, 0) is 11.2 Å². The summed E-state index contributed by atoms with van der Waals surface area (Å²) in [5, 5.41) is 8.87. The first-order valence-corrected chi connectivity index (χ1v) is 6.24. The summed E-state index contributed by atoms with van der Waals surface area (Å²) in [5.74, 6) is -0.321. The van der Waals surface area contributed by atoms with Gasteiger partial charge in [-0.2, -0.15) is 0 Å². The molecule has 92 valence electrons. The lowest BCUT2D eigenvalue weighted by Crippen LogP contribution is -2.32. The molecule has 0 aliphatic heterocycles. The smallest absolute Gasteiger partial charge is 0.320 e. The lowest BCUT2D eigenvalue weighted by molar-refractivity contribution is -0.138. The zero-order valence-corrected chi connectivity index (χ0v) is 9.93. The first-order valence-electron chi connectivity index (χ1n) is 6.24. The van der Waals surface area contributed by atoms with E-state index < -0.39 is 12.0 Å². The zero-order chi connectivity index (χ0) is 12.3. The fraction of sp³-hybridized carbons (Fsp3) is 0.500. The first kappa shape index (κ1) is 12.1. The van der Waals surface area contributed by atoms with Crippen molar-refractivity contribution in [1.82, 2.24) is 0 Å². The summed E-state index contributed by atoms with van der Waals surface area (Å²) < 4.78 is 0. The summed E-state index contributed by atoms with van der Waals surface area (Å²) >= 11 is 0. The number of carbonyl (C=O) groups is 1. The van der Waals surface area contributed by atoms with E-state index >= 15 is 0 Å². The number of rotatable bonds is 4. The van der Waals surface area contributed by atoms with Gasteiger partial charge in [0.15, 0.2) is 0 Å². The molecule has 3 heteroatoms. The molecular formula is C14H19NO2. The van der Waals surface area contributed by atoms with Gasteiger partial charge < -0.3 is 10.8 Å². The molecule has 0 amide bonds. The molecule has 1 fully saturated rings. The summed E-state index contributed by atoms with van der Waals surface area (Å²) in [6.45, 7) is 0. The van der Waals surface area contributed by atoms with Crippen molar-refractivity contribution in [3.05, 3.63) is 35.4 Å². The van der Waals surface area contributed by atoms with Crippen LogP contribution in [0.15, 0.2) is 24.3 Å². The molecule has 0 bridgehead atoms. The lowest BCUT2D eigenvalue weighted by Gasteiger charge is -2.16. The second kappa shape index (κ2) is 5.32. The van der Waals surface area contributed by atoms with E-state index in [0.29, 0.717) is 12.3 Å². The Bertz CT molecular complexity index is 397. The summed E-state index contributed by atoms with van der Waals surface area (Å²) in [5.41, 5.74) is 8.03. The molecule has 1 aromatic carbocycles. The molecule has 0 unspecified atom stereocenters. The summed E-state index contributed by atoms with van der Waals surface area (Å²) in [6, 6.07) is 7.33. The maximum atomic E-state index is 10.8. The van der Waals surface area contributed by atoms with Gasteiger partial charge in [-0.05, 0) is 36.3 Å². The Morgan fingerprint density at radius 3 is 2.65 bits per heavy atom. The van der Waals surface area contributed by atoms with Gasteiger partial charge in [0.2, 0.25) is 0 Å². The molecule has 2 rings (SSSR count). The number of carboxylic acids is 1. The molecule has 1 saturated carbocycles. The van der Waals surface area contributed by atoms with E-state index in [1.54, 1.807) is 0 Å². The molecule has 1 aliphatic rings. The Morgan fingerprint density at radius 2 is 2.00 bits per heavy atom. The minimum Gasteiger partial charge on any atom is -0.480 e. The average Bonchev–Trinajstić information content (AvgIpc) is 2.83. The van der Waals surface area contributed by atoms with Gasteiger partial charge in [-0.25, -0.2) is 0 Å². The minimum absolute atomic E-state index is 0.433. The first-order chi connectivity index (χ1) is 8.18. The van der Waals surface area contributed by atoms with Crippen molar-refractivity contribution < 1.29 is 9.90 Å². The Hall–Kier alpha value is -1.35. The molecule has 3 N–H and O–H groups in total. The van der Waals surface area contributed by atoms with Crippen LogP contribution >= 0.6 is 0 Å². The Labute approximate surface area is 102 Å². The Kier molecular flexibility index (Phi) is 3.79. The van der Waals surface area contributed by atoms with Gasteiger partial charge in [0.1, 0.15) is 6.04 Å². The molecule has 1 aromatic rings. The third-order valence-corrected chi connectivity index (χ3v) is 3.61. The van der Waals surface area contributed by atoms with Gasteiger partial charge in [-0.3, -0.25) is 4.79 Å². The van der Waals surface area contributed by atoms with E-state index in [0.717, 1.165) is 5.56 Å². The van der Waals surface area contributed by atoms with E-state index in [1.165, 1.54) is 31.2 Å². The number of nitrogens with two attached hydrogens (primary N) is 1. The highest BCUT2D eigenvalue weighted by Gasteiger charge is 2.21. The van der Waals surface area contributed by atoms with Gasteiger partial charge in [0, 0.05) is 0 Å². The largest absolute Gasteiger partial charge is 0.480 e. The predicted octanol–water partition coefficient (Wildman–Crippen LogP) is 2.30. The number of carboxylic acid groups (broad SMARTS) is 1. The van der Waals surface area contributed by atoms with E-state index in [2.05, 4.69) is 6.07 Å². The van der Waals surface area contributed by atoms with Crippen LogP contribution < -0.4 is 5.73 Å². The van der Waals surface area contributed by atoms with Gasteiger partial charge in [0.05, 0.1) is 0 Å². The van der Waals surface area contributed by atoms with E-state index in [-0.39, 0.29) is 0 Å². The van der Waals surface area contributed by atoms with E-state index in [1.807, 2.05) is 18.2 Å². The molecule has 0 saturated heterocycles. The van der Waals surface area contributed by atoms with Crippen molar-refractivity contribution in [2.24, 2.45) is 5.73 Å². The molecule has 1 aliphatic carbocycles. The molecule has 0 aromatic heterocycles. The predicted molar refractivity (Wildman–Crippen MR) is 67.0 cm³/mol. The second-order valence-corrected chi connectivity index (χ2v) is 4.83. The van der Waals surface area contributed by atoms with Crippen LogP contribution in [0.1, 0.15) is 42.7 Å². The van der Waals surface area contributed by atoms with Gasteiger partial charge >= 0.3 is 5.97 Å². The summed E-state index contributed by atoms with van der Waals surface area (Å²) in [4.78, 5) is 10.8. The second-order valence-electron chi connectivity index (χ2n) is 4.83. The monoisotopic (exact) mass is 233 g/mol. The molecule has 3 nitrogen and oxygen atoms in total. The topological polar surface area (TPSA) is 63.3 Å². The van der Waals surface area contributed by atoms with Crippen LogP contribution in [-0.4, -0.2) is 17.1 Å². The zero-order valence-electron chi connectivity index (χ0n) is 9.93. The third-order valence-electron chi connectivity index (χ3n) is 3.61. The van der Waals surface area contributed by atoms with Crippen LogP contribution in [0.5, 0.6) is 0 Å². The molecule has 0 radical (unpaired) electrons. The fourth-order valence-electron chi connectivity index (χ4n) is 2.68. The van der Waals surface area contributed by atoms with Crippen LogP contribution in [0.3, 0.4) is 0 Å². The standard InChI is InChI=1S/C14H19NO2/c15-13(14(16)17)9-11-7-3-4-8-12(11)10-5-1-2-6-10/h3-4,7-8,10,13H,1-2,5-6,9,15H2,(H,16,17)/t13-/m0/s1. The quantitative estimate of drug-likeness (QED) is 0.838. The Morgan fingerprint density at radius 1 is 1.35 bits per heavy atom. The number of aliphatic carboxylic acids is 1. The fourth-order valence-corrected chi connectivity index (χ4v) is 2.68. The van der Waals surface area contributed by atoms with Crippen molar-refractivity contribution in [2.45, 2.75) is 44.1 Å². The molecular weight excluding hydrogens is 214 g/mol. The number of benzene rings is 1. The maximum Gasteiger partial charge on any atom is 0.320 e. The van der Waals surface area contributed by atoms with Crippen LogP contribution in [0.2, 0.25) is 0 Å². The molecule has 0 spiro atoms. The molecule has 1 atom stereocenters. The van der Waals surface area contributed by atoms with E-state index in [4.69, 9.17) is 10.8 Å². The van der Waals surface area contributed by atoms with Gasteiger partial charge in [0.25, 0.3) is 0 Å². The van der Waals surface area contributed by atoms with Gasteiger partial charge in [-0.1, -0.05) is 37.1 Å². The number of hydrogen-bond acceptors (Lipinski definition) is 2. The number of hydrogen-bond donors (Lipinski definition) is 2. The normalized spacial score (nSPS) is 18.2. The van der Waals surface area contributed by atoms with Crippen LogP contribution in [0.4, 0.5) is 0 Å². The Balaban J connectivity index is 2.18. The molecule has 0 heterocycles. The highest BCUT2D eigenvalue weighted by molar-refractivity contribution is 5.73.